The van der Waals surface area contributed by atoms with Crippen LogP contribution in [0.15, 0.2) is 121 Å². The van der Waals surface area contributed by atoms with Crippen LogP contribution in [0.1, 0.15) is 225 Å². The van der Waals surface area contributed by atoms with E-state index in [-0.39, 0.29) is 11.1 Å². The Balaban J connectivity index is 0.000000291. The molecule has 0 aliphatic rings. The summed E-state index contributed by atoms with van der Waals surface area (Å²) in [6, 6.07) is 42.5. The fourth-order valence-corrected chi connectivity index (χ4v) is 8.75. The predicted molar refractivity (Wildman–Crippen MR) is 292 cm³/mol. The van der Waals surface area contributed by atoms with Crippen LogP contribution in [-0.4, -0.2) is 22.2 Å². The van der Waals surface area contributed by atoms with Crippen LogP contribution in [0.25, 0.3) is 22.3 Å². The van der Waals surface area contributed by atoms with E-state index < -0.39 is 11.9 Å². The van der Waals surface area contributed by atoms with Crippen molar-refractivity contribution in [3.05, 3.63) is 155 Å². The minimum Gasteiger partial charge on any atom is -0.478 e. The van der Waals surface area contributed by atoms with Crippen molar-refractivity contribution in [3.8, 4) is 22.3 Å². The molecule has 0 amide bonds. The van der Waals surface area contributed by atoms with Crippen molar-refractivity contribution in [2.24, 2.45) is 0 Å². The van der Waals surface area contributed by atoms with E-state index in [4.69, 9.17) is 10.2 Å². The van der Waals surface area contributed by atoms with E-state index in [9.17, 15) is 9.59 Å². The van der Waals surface area contributed by atoms with Crippen molar-refractivity contribution in [1.82, 2.24) is 0 Å². The highest BCUT2D eigenvalue weighted by atomic mass is 16.4. The van der Waals surface area contributed by atoms with E-state index in [1.807, 2.05) is 0 Å². The Labute approximate surface area is 414 Å². The maximum absolute atomic E-state index is 10.5. The van der Waals surface area contributed by atoms with Crippen LogP contribution in [0.2, 0.25) is 0 Å². The summed E-state index contributed by atoms with van der Waals surface area (Å²) in [5.41, 5.74) is 10.9. The first kappa shape index (κ1) is 57.4. The highest BCUT2D eigenvalue weighted by Gasteiger charge is 2.13. The summed E-state index contributed by atoms with van der Waals surface area (Å²) in [6.45, 7) is 9.13. The number of unbranched alkanes of at least 4 members (excludes halogenated alkanes) is 20. The zero-order valence-electron chi connectivity index (χ0n) is 43.1. The lowest BCUT2D eigenvalue weighted by Crippen LogP contribution is -2.06. The van der Waals surface area contributed by atoms with Gasteiger partial charge in [0.25, 0.3) is 0 Å². The molecule has 0 radical (unpaired) electrons. The third-order valence-electron chi connectivity index (χ3n) is 13.1. The Morgan fingerprint density at radius 1 is 0.279 bits per heavy atom. The van der Waals surface area contributed by atoms with Gasteiger partial charge in [0.1, 0.15) is 0 Å². The first-order chi connectivity index (χ1) is 33.3. The van der Waals surface area contributed by atoms with Crippen LogP contribution < -0.4 is 0 Å². The van der Waals surface area contributed by atoms with Crippen molar-refractivity contribution in [3.63, 3.8) is 0 Å². The largest absolute Gasteiger partial charge is 0.478 e. The molecule has 5 aromatic rings. The Morgan fingerprint density at radius 2 is 0.471 bits per heavy atom. The number of aromatic carboxylic acids is 2. The number of benzene rings is 5. The van der Waals surface area contributed by atoms with E-state index in [2.05, 4.69) is 125 Å². The van der Waals surface area contributed by atoms with Crippen LogP contribution in [0, 0.1) is 0 Å². The van der Waals surface area contributed by atoms with Crippen molar-refractivity contribution >= 4 is 11.9 Å². The lowest BCUT2D eigenvalue weighted by Gasteiger charge is -2.07. The van der Waals surface area contributed by atoms with Crippen molar-refractivity contribution in [2.75, 3.05) is 0 Å². The van der Waals surface area contributed by atoms with Gasteiger partial charge in [0.15, 0.2) is 0 Å². The highest BCUT2D eigenvalue weighted by molar-refractivity contribution is 6.01. The van der Waals surface area contributed by atoms with E-state index in [1.165, 1.54) is 249 Å². The lowest BCUT2D eigenvalue weighted by molar-refractivity contribution is 0.0651. The summed E-state index contributed by atoms with van der Waals surface area (Å²) in [5.74, 6) is -2.46. The number of rotatable bonds is 32. The number of carboxylic acids is 2. The van der Waals surface area contributed by atoms with Gasteiger partial charge in [0.2, 0.25) is 0 Å². The lowest BCUT2D eigenvalue weighted by atomic mass is 9.98. The quantitative estimate of drug-likeness (QED) is 0.0422. The Kier molecular flexibility index (Phi) is 31.2. The van der Waals surface area contributed by atoms with Gasteiger partial charge in [-0.3, -0.25) is 0 Å². The summed E-state index contributed by atoms with van der Waals surface area (Å²) in [6.07, 6.45) is 37.9. The number of carboxylic acid groups (broad SMARTS) is 2. The molecule has 4 nitrogen and oxygen atoms in total. The van der Waals surface area contributed by atoms with Gasteiger partial charge in [-0.05, 0) is 108 Å². The van der Waals surface area contributed by atoms with E-state index in [0.29, 0.717) is 0 Å². The van der Waals surface area contributed by atoms with Crippen LogP contribution in [0.3, 0.4) is 0 Å². The number of hydrogen-bond donors (Lipinski definition) is 2. The molecule has 5 aromatic carbocycles. The molecule has 0 spiro atoms. The second kappa shape index (κ2) is 37.0. The Hall–Kier alpha value is -4.96. The van der Waals surface area contributed by atoms with Gasteiger partial charge < -0.3 is 10.2 Å². The van der Waals surface area contributed by atoms with Crippen molar-refractivity contribution < 1.29 is 19.8 Å². The summed E-state index contributed by atoms with van der Waals surface area (Å²) in [4.78, 5) is 20.9. The summed E-state index contributed by atoms with van der Waals surface area (Å²) in [5, 5.41) is 17.1. The Bertz CT molecular complexity index is 1750. The molecule has 370 valence electrons. The van der Waals surface area contributed by atoms with Gasteiger partial charge in [0.05, 0.1) is 11.1 Å². The first-order valence-electron chi connectivity index (χ1n) is 27.2. The van der Waals surface area contributed by atoms with E-state index in [1.54, 1.807) is 0 Å². The molecule has 0 atom stereocenters. The van der Waals surface area contributed by atoms with E-state index in [0.717, 1.165) is 0 Å². The Morgan fingerprint density at radius 3 is 0.662 bits per heavy atom. The normalized spacial score (nSPS) is 10.8. The monoisotopic (exact) mass is 923 g/mol. The maximum atomic E-state index is 10.5. The van der Waals surface area contributed by atoms with Crippen LogP contribution in [0.5, 0.6) is 0 Å². The summed E-state index contributed by atoms with van der Waals surface area (Å²) < 4.78 is 0. The topological polar surface area (TPSA) is 74.6 Å². The fraction of sp³-hybridized carbons (Fsp3) is 0.500. The molecule has 2 N–H and O–H groups in total. The van der Waals surface area contributed by atoms with Gasteiger partial charge in [0, 0.05) is 0 Å². The molecular formula is C64H90O4. The molecule has 0 fully saturated rings. The second-order valence-corrected chi connectivity index (χ2v) is 19.0. The average Bonchev–Trinajstić information content (AvgIpc) is 3.37. The average molecular weight is 923 g/mol. The third-order valence-corrected chi connectivity index (χ3v) is 13.1. The van der Waals surface area contributed by atoms with Crippen molar-refractivity contribution in [2.45, 2.75) is 207 Å². The van der Waals surface area contributed by atoms with E-state index >= 15 is 0 Å². The molecule has 0 aliphatic carbocycles. The van der Waals surface area contributed by atoms with Crippen LogP contribution in [0.4, 0.5) is 0 Å². The maximum Gasteiger partial charge on any atom is 0.336 e. The smallest absolute Gasteiger partial charge is 0.336 e. The first-order valence-corrected chi connectivity index (χ1v) is 27.2. The number of hydrogen-bond acceptors (Lipinski definition) is 2. The second-order valence-electron chi connectivity index (χ2n) is 19.0. The molecule has 0 saturated heterocycles. The highest BCUT2D eigenvalue weighted by Crippen LogP contribution is 2.24. The zero-order chi connectivity index (χ0) is 48.9. The molecule has 68 heavy (non-hydrogen) atoms. The molecule has 0 unspecified atom stereocenters. The van der Waals surface area contributed by atoms with Gasteiger partial charge in [-0.1, -0.05) is 265 Å². The fourth-order valence-electron chi connectivity index (χ4n) is 8.75. The molecular weight excluding hydrogens is 833 g/mol. The molecule has 4 heteroatoms. The van der Waals surface area contributed by atoms with Gasteiger partial charge in [-0.25, -0.2) is 9.59 Å². The van der Waals surface area contributed by atoms with Gasteiger partial charge >= 0.3 is 11.9 Å². The minimum atomic E-state index is -1.23. The minimum absolute atomic E-state index is 0.190. The molecule has 0 saturated carbocycles. The molecule has 0 aliphatic heterocycles. The molecule has 0 bridgehead atoms. The van der Waals surface area contributed by atoms with Gasteiger partial charge in [-0.2, -0.15) is 0 Å². The number of carbonyl (C=O) groups is 2. The van der Waals surface area contributed by atoms with Crippen LogP contribution >= 0.6 is 0 Å². The van der Waals surface area contributed by atoms with Crippen molar-refractivity contribution in [1.29, 1.82) is 0 Å². The third kappa shape index (κ3) is 24.9. The molecule has 5 rings (SSSR count). The van der Waals surface area contributed by atoms with Crippen LogP contribution in [-0.2, 0) is 25.7 Å². The predicted octanol–water partition coefficient (Wildman–Crippen LogP) is 19.4. The van der Waals surface area contributed by atoms with Gasteiger partial charge in [-0.15, -0.1) is 0 Å². The summed E-state index contributed by atoms with van der Waals surface area (Å²) >= 11 is 0. The SMILES string of the molecule is CCCCCCCCc1ccc(-c2ccc(CCCCCCCC)cc2)cc1.CCCCCCCCc1ccc(-c2ccc(CCCCCCCC)cc2)cc1.O=C(O)c1ccccc1C(=O)O. The zero-order valence-corrected chi connectivity index (χ0v) is 43.1. The summed E-state index contributed by atoms with van der Waals surface area (Å²) in [7, 11) is 0. The molecule has 0 heterocycles. The standard InChI is InChI=1S/2C28H42.C8H6O4/c2*1-3-5-7-9-11-13-15-25-17-21-27(22-18-25)28-23-19-26(20-24-28)16-14-12-10-8-6-4-2;9-7(10)5-3-1-2-4-6(5)8(11)12/h2*17-24H,3-16H2,1-2H3;1-4H,(H,9,10)(H,11,12). The number of aryl methyl sites for hydroxylation is 4. The molecule has 0 aromatic heterocycles.